The average Bonchev–Trinajstić information content (AvgIpc) is 2.94. The van der Waals surface area contributed by atoms with Crippen LogP contribution in [0.4, 0.5) is 0 Å². The van der Waals surface area contributed by atoms with Gasteiger partial charge >= 0.3 is 0 Å². The molecule has 1 amide bonds. The van der Waals surface area contributed by atoms with Crippen LogP contribution in [0.15, 0.2) is 42.5 Å². The van der Waals surface area contributed by atoms with Gasteiger partial charge in [0, 0.05) is 16.6 Å². The monoisotopic (exact) mass is 350 g/mol. The largest absolute Gasteiger partial charge is 0.385 e. The number of aromatic nitrogens is 3. The van der Waals surface area contributed by atoms with E-state index in [9.17, 15) is 4.79 Å². The predicted octanol–water partition coefficient (Wildman–Crippen LogP) is 2.48. The summed E-state index contributed by atoms with van der Waals surface area (Å²) in [6.45, 7) is 0.126. The van der Waals surface area contributed by atoms with Crippen molar-refractivity contribution >= 4 is 40.1 Å². The molecule has 1 aromatic heterocycles. The Bertz CT molecular complexity index is 850. The summed E-state index contributed by atoms with van der Waals surface area (Å²) >= 11 is 12.0. The van der Waals surface area contributed by atoms with E-state index in [4.69, 9.17) is 28.0 Å². The fourth-order valence-corrected chi connectivity index (χ4v) is 2.34. The molecule has 3 aromatic rings. The maximum atomic E-state index is 11.9. The summed E-state index contributed by atoms with van der Waals surface area (Å²) in [5.74, 6) is -0.296. The van der Waals surface area contributed by atoms with Crippen LogP contribution in [-0.4, -0.2) is 27.7 Å². The lowest BCUT2D eigenvalue weighted by Crippen LogP contribution is -2.31. The van der Waals surface area contributed by atoms with Gasteiger partial charge in [0.2, 0.25) is 0 Å². The lowest BCUT2D eigenvalue weighted by molar-refractivity contribution is -0.126. The number of hydrogen-bond donors (Lipinski definition) is 1. The number of carbonyl (C=O) groups is 1. The van der Waals surface area contributed by atoms with Gasteiger partial charge in [-0.2, -0.15) is 0 Å². The minimum Gasteiger partial charge on any atom is -0.385 e. The molecule has 3 rings (SSSR count). The molecule has 23 heavy (non-hydrogen) atoms. The molecule has 0 radical (unpaired) electrons. The molecular weight excluding hydrogens is 339 g/mol. The summed E-state index contributed by atoms with van der Waals surface area (Å²) < 4.78 is 0. The second-order valence-corrected chi connectivity index (χ2v) is 5.58. The minimum atomic E-state index is -0.296. The number of benzene rings is 2. The number of hydrogen-bond acceptors (Lipinski definition) is 4. The molecule has 0 saturated carbocycles. The van der Waals surface area contributed by atoms with Gasteiger partial charge < -0.3 is 10.2 Å². The fraction of sp³-hybridized carbons (Fsp3) is 0.133. The van der Waals surface area contributed by atoms with Crippen molar-refractivity contribution in [3.05, 3.63) is 58.1 Å². The van der Waals surface area contributed by atoms with Crippen LogP contribution in [-0.2, 0) is 11.3 Å². The highest BCUT2D eigenvalue weighted by molar-refractivity contribution is 6.31. The molecule has 1 heterocycles. The molecule has 0 saturated heterocycles. The third-order valence-corrected chi connectivity index (χ3v) is 3.73. The van der Waals surface area contributed by atoms with Crippen LogP contribution in [0.3, 0.4) is 0 Å². The van der Waals surface area contributed by atoms with Crippen molar-refractivity contribution in [1.29, 1.82) is 0 Å². The normalized spacial score (nSPS) is 10.7. The molecule has 0 bridgehead atoms. The third kappa shape index (κ3) is 3.72. The van der Waals surface area contributed by atoms with Crippen molar-refractivity contribution in [3.63, 3.8) is 0 Å². The molecule has 2 aromatic carbocycles. The molecule has 6 nitrogen and oxygen atoms in total. The van der Waals surface area contributed by atoms with E-state index in [1.165, 1.54) is 4.85 Å². The van der Waals surface area contributed by atoms with E-state index in [0.29, 0.717) is 27.6 Å². The summed E-state index contributed by atoms with van der Waals surface area (Å²) in [5, 5.41) is 11.6. The molecule has 0 fully saturated rings. The topological polar surface area (TPSA) is 69.0 Å². The Balaban J connectivity index is 1.58. The summed E-state index contributed by atoms with van der Waals surface area (Å²) in [7, 11) is 0. The lowest BCUT2D eigenvalue weighted by atomic mass is 10.2. The summed E-state index contributed by atoms with van der Waals surface area (Å²) in [6, 6.07) is 12.4. The number of amides is 1. The number of nitrogens with zero attached hydrogens (tertiary/aromatic N) is 3. The van der Waals surface area contributed by atoms with E-state index >= 15 is 0 Å². The highest BCUT2D eigenvalue weighted by atomic mass is 35.5. The molecule has 8 heteroatoms. The van der Waals surface area contributed by atoms with E-state index in [1.54, 1.807) is 24.3 Å². The zero-order valence-corrected chi connectivity index (χ0v) is 13.4. The third-order valence-electron chi connectivity index (χ3n) is 3.13. The van der Waals surface area contributed by atoms with Crippen molar-refractivity contribution in [2.24, 2.45) is 0 Å². The quantitative estimate of drug-likeness (QED) is 0.767. The van der Waals surface area contributed by atoms with Gasteiger partial charge in [0.1, 0.15) is 11.0 Å². The molecule has 0 aliphatic carbocycles. The number of carbonyl (C=O) groups excluding carboxylic acids is 1. The van der Waals surface area contributed by atoms with Gasteiger partial charge in [-0.3, -0.25) is 4.79 Å². The first-order valence-corrected chi connectivity index (χ1v) is 7.53. The van der Waals surface area contributed by atoms with Crippen LogP contribution in [0.1, 0.15) is 5.56 Å². The molecule has 0 unspecified atom stereocenters. The summed E-state index contributed by atoms with van der Waals surface area (Å²) in [4.78, 5) is 18.4. The molecule has 0 aliphatic heterocycles. The molecule has 0 atom stereocenters. The number of rotatable bonds is 5. The van der Waals surface area contributed by atoms with Crippen LogP contribution >= 0.6 is 23.2 Å². The number of nitrogens with one attached hydrogen (secondary N) is 1. The second kappa shape index (κ2) is 6.85. The Morgan fingerprint density at radius 2 is 2.04 bits per heavy atom. The van der Waals surface area contributed by atoms with Gasteiger partial charge in [-0.15, -0.1) is 5.10 Å². The Morgan fingerprint density at radius 1 is 1.22 bits per heavy atom. The Hall–Kier alpha value is -2.31. The summed E-state index contributed by atoms with van der Waals surface area (Å²) in [6.07, 6.45) is 0. The number of fused-ring (bicyclic) bond motifs is 1. The Morgan fingerprint density at radius 3 is 2.87 bits per heavy atom. The van der Waals surface area contributed by atoms with E-state index < -0.39 is 0 Å². The first-order valence-electron chi connectivity index (χ1n) is 6.78. The van der Waals surface area contributed by atoms with Crippen LogP contribution in [0.2, 0.25) is 10.0 Å². The van der Waals surface area contributed by atoms with Crippen LogP contribution in [0, 0.1) is 0 Å². The van der Waals surface area contributed by atoms with E-state index in [0.717, 1.165) is 5.56 Å². The molecular formula is C15H12Cl2N4O2. The van der Waals surface area contributed by atoms with Crippen molar-refractivity contribution in [2.75, 3.05) is 6.61 Å². The highest BCUT2D eigenvalue weighted by Gasteiger charge is 2.09. The van der Waals surface area contributed by atoms with Gasteiger partial charge in [0.25, 0.3) is 5.91 Å². The zero-order chi connectivity index (χ0) is 16.2. The Kier molecular flexibility index (Phi) is 4.64. The summed E-state index contributed by atoms with van der Waals surface area (Å²) in [5.41, 5.74) is 2.06. The van der Waals surface area contributed by atoms with Crippen molar-refractivity contribution in [1.82, 2.24) is 20.5 Å². The van der Waals surface area contributed by atoms with Gasteiger partial charge in [0.15, 0.2) is 6.61 Å². The smallest absolute Gasteiger partial charge is 0.261 e. The Labute approximate surface area is 141 Å². The molecule has 0 spiro atoms. The van der Waals surface area contributed by atoms with Crippen LogP contribution in [0.25, 0.3) is 11.0 Å². The SMILES string of the molecule is O=C(COn1nnc2ccc(Cl)cc21)NCc1ccccc1Cl. The highest BCUT2D eigenvalue weighted by Crippen LogP contribution is 2.16. The minimum absolute atomic E-state index is 0.199. The number of halogens is 2. The first kappa shape index (κ1) is 15.6. The van der Waals surface area contributed by atoms with E-state index in [1.807, 2.05) is 18.2 Å². The van der Waals surface area contributed by atoms with Crippen molar-refractivity contribution < 1.29 is 9.63 Å². The van der Waals surface area contributed by atoms with Crippen molar-refractivity contribution in [2.45, 2.75) is 6.54 Å². The van der Waals surface area contributed by atoms with E-state index in [2.05, 4.69) is 15.6 Å². The first-order chi connectivity index (χ1) is 11.1. The molecule has 118 valence electrons. The average molecular weight is 351 g/mol. The van der Waals surface area contributed by atoms with Crippen molar-refractivity contribution in [3.8, 4) is 0 Å². The molecule has 0 aliphatic rings. The van der Waals surface area contributed by atoms with Crippen LogP contribution < -0.4 is 10.2 Å². The van der Waals surface area contributed by atoms with Crippen LogP contribution in [0.5, 0.6) is 0 Å². The fourth-order valence-electron chi connectivity index (χ4n) is 1.97. The molecule has 1 N–H and O–H groups in total. The predicted molar refractivity (Wildman–Crippen MR) is 87.3 cm³/mol. The second-order valence-electron chi connectivity index (χ2n) is 4.74. The van der Waals surface area contributed by atoms with E-state index in [-0.39, 0.29) is 12.5 Å². The standard InChI is InChI=1S/C15H12Cl2N4O2/c16-11-5-6-13-14(7-11)21(20-19-13)23-9-15(22)18-8-10-3-1-2-4-12(10)17/h1-7H,8-9H2,(H,18,22). The lowest BCUT2D eigenvalue weighted by Gasteiger charge is -2.08. The van der Waals surface area contributed by atoms with Gasteiger partial charge in [-0.05, 0) is 35.0 Å². The van der Waals surface area contributed by atoms with Gasteiger partial charge in [-0.1, -0.05) is 46.2 Å². The van der Waals surface area contributed by atoms with Gasteiger partial charge in [-0.25, -0.2) is 0 Å². The van der Waals surface area contributed by atoms with Gasteiger partial charge in [0.05, 0.1) is 0 Å². The zero-order valence-electron chi connectivity index (χ0n) is 11.9. The maximum Gasteiger partial charge on any atom is 0.261 e. The maximum absolute atomic E-state index is 11.9.